The van der Waals surface area contributed by atoms with Crippen molar-refractivity contribution < 1.29 is 4.79 Å². The molecule has 1 unspecified atom stereocenters. The zero-order valence-corrected chi connectivity index (χ0v) is 11.4. The highest BCUT2D eigenvalue weighted by Crippen LogP contribution is 2.57. The monoisotopic (exact) mass is 258 g/mol. The Bertz CT molecular complexity index is 411. The van der Waals surface area contributed by atoms with Crippen LogP contribution >= 0.6 is 0 Å². The number of nitriles is 1. The molecule has 1 amide bonds. The predicted octanol–water partition coefficient (Wildman–Crippen LogP) is 2.43. The van der Waals surface area contributed by atoms with E-state index in [-0.39, 0.29) is 5.92 Å². The molecular formula is C16H22N2O. The molecule has 5 fully saturated rings. The number of hydrogen-bond donors (Lipinski definition) is 0. The molecule has 5 rings (SSSR count). The molecule has 1 heterocycles. The maximum absolute atomic E-state index is 12.8. The zero-order valence-electron chi connectivity index (χ0n) is 11.4. The molecule has 4 saturated carbocycles. The van der Waals surface area contributed by atoms with Crippen LogP contribution in [0, 0.1) is 46.8 Å². The third-order valence-corrected chi connectivity index (χ3v) is 6.19. The number of likely N-dealkylation sites (tertiary alicyclic amines) is 1. The highest BCUT2D eigenvalue weighted by molar-refractivity contribution is 5.80. The minimum atomic E-state index is 0.0841. The first-order valence-corrected chi connectivity index (χ1v) is 7.93. The predicted molar refractivity (Wildman–Crippen MR) is 70.8 cm³/mol. The summed E-state index contributed by atoms with van der Waals surface area (Å²) < 4.78 is 0. The van der Waals surface area contributed by atoms with Crippen LogP contribution in [0.1, 0.15) is 38.5 Å². The van der Waals surface area contributed by atoms with E-state index in [9.17, 15) is 4.79 Å². The van der Waals surface area contributed by atoms with Crippen molar-refractivity contribution in [3.05, 3.63) is 0 Å². The molecule has 3 heteroatoms. The fraction of sp³-hybridized carbons (Fsp3) is 0.875. The molecule has 3 nitrogen and oxygen atoms in total. The van der Waals surface area contributed by atoms with Gasteiger partial charge in [0.05, 0.1) is 12.0 Å². The van der Waals surface area contributed by atoms with Crippen molar-refractivity contribution in [3.63, 3.8) is 0 Å². The normalized spacial score (nSPS) is 47.4. The lowest BCUT2D eigenvalue weighted by atomic mass is 9.51. The van der Waals surface area contributed by atoms with Crippen LogP contribution < -0.4 is 0 Å². The summed E-state index contributed by atoms with van der Waals surface area (Å²) in [6.45, 7) is 1.51. The minimum absolute atomic E-state index is 0.0841. The summed E-state index contributed by atoms with van der Waals surface area (Å²) >= 11 is 0. The average Bonchev–Trinajstić information content (AvgIpc) is 2.86. The van der Waals surface area contributed by atoms with Crippen LogP contribution in [0.3, 0.4) is 0 Å². The van der Waals surface area contributed by atoms with Crippen LogP contribution in [-0.4, -0.2) is 23.9 Å². The van der Waals surface area contributed by atoms with E-state index >= 15 is 0 Å². The first kappa shape index (κ1) is 11.8. The third-order valence-electron chi connectivity index (χ3n) is 6.19. The number of amides is 1. The van der Waals surface area contributed by atoms with E-state index in [0.717, 1.165) is 24.8 Å². The summed E-state index contributed by atoms with van der Waals surface area (Å²) in [6, 6.07) is 2.32. The Hall–Kier alpha value is -1.04. The molecule has 1 atom stereocenters. The van der Waals surface area contributed by atoms with Crippen molar-refractivity contribution in [2.45, 2.75) is 38.5 Å². The number of carbonyl (C=O) groups excluding carboxylic acids is 1. The summed E-state index contributed by atoms with van der Waals surface area (Å²) in [4.78, 5) is 14.8. The van der Waals surface area contributed by atoms with E-state index in [1.807, 2.05) is 4.90 Å². The summed E-state index contributed by atoms with van der Waals surface area (Å²) in [5, 5.41) is 8.99. The number of hydrogen-bond acceptors (Lipinski definition) is 2. The van der Waals surface area contributed by atoms with Gasteiger partial charge in [-0.15, -0.1) is 0 Å². The Kier molecular flexibility index (Phi) is 2.62. The van der Waals surface area contributed by atoms with Crippen LogP contribution in [0.5, 0.6) is 0 Å². The van der Waals surface area contributed by atoms with E-state index in [1.165, 1.54) is 32.1 Å². The lowest BCUT2D eigenvalue weighted by Gasteiger charge is -2.54. The van der Waals surface area contributed by atoms with Crippen LogP contribution in [-0.2, 0) is 4.79 Å². The standard InChI is InChI=1S/C16H22N2O/c17-8-10-1-2-18(9-10)16(19)15-13-4-11-3-12(6-13)7-14(15)5-11/h10-15H,1-7,9H2. The molecule has 102 valence electrons. The van der Waals surface area contributed by atoms with Gasteiger partial charge >= 0.3 is 0 Å². The highest BCUT2D eigenvalue weighted by Gasteiger charge is 2.51. The van der Waals surface area contributed by atoms with Gasteiger partial charge in [-0.1, -0.05) is 0 Å². The number of carbonyl (C=O) groups is 1. The van der Waals surface area contributed by atoms with Gasteiger partial charge in [0.1, 0.15) is 0 Å². The molecular weight excluding hydrogens is 236 g/mol. The summed E-state index contributed by atoms with van der Waals surface area (Å²) in [7, 11) is 0. The van der Waals surface area contributed by atoms with Gasteiger partial charge in [-0.3, -0.25) is 4.79 Å². The van der Waals surface area contributed by atoms with E-state index in [1.54, 1.807) is 0 Å². The number of rotatable bonds is 1. The van der Waals surface area contributed by atoms with Crippen LogP contribution in [0.2, 0.25) is 0 Å². The molecule has 0 N–H and O–H groups in total. The Balaban J connectivity index is 1.50. The molecule has 0 aromatic carbocycles. The van der Waals surface area contributed by atoms with Gasteiger partial charge in [0.2, 0.25) is 5.91 Å². The fourth-order valence-corrected chi connectivity index (χ4v) is 5.61. The second-order valence-electron chi connectivity index (χ2n) is 7.36. The molecule has 0 spiro atoms. The van der Waals surface area contributed by atoms with E-state index in [0.29, 0.717) is 30.2 Å². The summed E-state index contributed by atoms with van der Waals surface area (Å²) in [5.41, 5.74) is 0. The van der Waals surface area contributed by atoms with Gasteiger partial charge < -0.3 is 4.90 Å². The summed E-state index contributed by atoms with van der Waals surface area (Å²) in [5.74, 6) is 3.99. The van der Waals surface area contributed by atoms with Crippen molar-refractivity contribution in [1.29, 1.82) is 5.26 Å². The minimum Gasteiger partial charge on any atom is -0.341 e. The van der Waals surface area contributed by atoms with Gasteiger partial charge in [0.25, 0.3) is 0 Å². The fourth-order valence-electron chi connectivity index (χ4n) is 5.61. The quantitative estimate of drug-likeness (QED) is 0.725. The van der Waals surface area contributed by atoms with E-state index in [4.69, 9.17) is 5.26 Å². The molecule has 19 heavy (non-hydrogen) atoms. The van der Waals surface area contributed by atoms with Crippen LogP contribution in [0.4, 0.5) is 0 Å². The number of nitrogens with zero attached hydrogens (tertiary/aromatic N) is 2. The van der Waals surface area contributed by atoms with E-state index in [2.05, 4.69) is 6.07 Å². The molecule has 1 saturated heterocycles. The smallest absolute Gasteiger partial charge is 0.226 e. The largest absolute Gasteiger partial charge is 0.341 e. The van der Waals surface area contributed by atoms with Gasteiger partial charge in [0.15, 0.2) is 0 Å². The lowest BCUT2D eigenvalue weighted by Crippen LogP contribution is -2.51. The molecule has 4 aliphatic carbocycles. The SMILES string of the molecule is N#CC1CCN(C(=O)C2C3CC4CC(C3)CC2C4)C1. The maximum Gasteiger partial charge on any atom is 0.226 e. The van der Waals surface area contributed by atoms with Crippen molar-refractivity contribution >= 4 is 5.91 Å². The second-order valence-corrected chi connectivity index (χ2v) is 7.36. The molecule has 5 aliphatic rings. The Morgan fingerprint density at radius 2 is 1.68 bits per heavy atom. The topological polar surface area (TPSA) is 44.1 Å². The second kappa shape index (κ2) is 4.23. The van der Waals surface area contributed by atoms with Gasteiger partial charge in [-0.05, 0) is 62.2 Å². The molecule has 4 bridgehead atoms. The lowest BCUT2D eigenvalue weighted by molar-refractivity contribution is -0.148. The van der Waals surface area contributed by atoms with Crippen molar-refractivity contribution in [3.8, 4) is 6.07 Å². The molecule has 0 aromatic heterocycles. The van der Waals surface area contributed by atoms with Crippen molar-refractivity contribution in [1.82, 2.24) is 4.90 Å². The van der Waals surface area contributed by atoms with Gasteiger partial charge in [-0.2, -0.15) is 5.26 Å². The van der Waals surface area contributed by atoms with Crippen LogP contribution in [0.15, 0.2) is 0 Å². The Labute approximate surface area is 115 Å². The molecule has 0 radical (unpaired) electrons. The van der Waals surface area contributed by atoms with Gasteiger partial charge in [0, 0.05) is 19.0 Å². The zero-order chi connectivity index (χ0) is 13.0. The van der Waals surface area contributed by atoms with Gasteiger partial charge in [-0.25, -0.2) is 0 Å². The first-order valence-electron chi connectivity index (χ1n) is 7.93. The van der Waals surface area contributed by atoms with Crippen molar-refractivity contribution in [2.75, 3.05) is 13.1 Å². The first-order chi connectivity index (χ1) is 9.24. The molecule has 1 aliphatic heterocycles. The third kappa shape index (κ3) is 1.80. The summed E-state index contributed by atoms with van der Waals surface area (Å²) in [6.07, 6.45) is 7.54. The van der Waals surface area contributed by atoms with E-state index < -0.39 is 0 Å². The van der Waals surface area contributed by atoms with Crippen molar-refractivity contribution in [2.24, 2.45) is 35.5 Å². The maximum atomic E-state index is 12.8. The Morgan fingerprint density at radius 3 is 2.21 bits per heavy atom. The van der Waals surface area contributed by atoms with Crippen LogP contribution in [0.25, 0.3) is 0 Å². The highest BCUT2D eigenvalue weighted by atomic mass is 16.2. The Morgan fingerprint density at radius 1 is 1.05 bits per heavy atom. The molecule has 0 aromatic rings. The average molecular weight is 258 g/mol.